The van der Waals surface area contributed by atoms with Crippen molar-refractivity contribution in [3.8, 4) is 0 Å². The van der Waals surface area contributed by atoms with Crippen LogP contribution in [-0.2, 0) is 0 Å². The van der Waals surface area contributed by atoms with Crippen molar-refractivity contribution < 1.29 is 0 Å². The third-order valence-electron chi connectivity index (χ3n) is 1.22. The molecule has 1 aromatic rings. The smallest absolute Gasteiger partial charge is 0.147 e. The van der Waals surface area contributed by atoms with Gasteiger partial charge in [0.05, 0.1) is 10.7 Å². The number of anilines is 2. The number of rotatable bonds is 2. The van der Waals surface area contributed by atoms with E-state index in [1.807, 2.05) is 6.07 Å². The summed E-state index contributed by atoms with van der Waals surface area (Å²) in [5.41, 5.74) is 11.5. The predicted molar refractivity (Wildman–Crippen MR) is 49.5 cm³/mol. The van der Waals surface area contributed by atoms with Crippen LogP contribution in [0.2, 0.25) is 0 Å². The second kappa shape index (κ2) is 3.48. The topological polar surface area (TPSA) is 64.9 Å². The first-order chi connectivity index (χ1) is 5.24. The van der Waals surface area contributed by atoms with Gasteiger partial charge in [0, 0.05) is 0 Å². The Morgan fingerprint density at radius 1 is 1.45 bits per heavy atom. The van der Waals surface area contributed by atoms with E-state index < -0.39 is 0 Å². The molecule has 0 aliphatic heterocycles. The number of nitrogen functional groups attached to an aromatic ring is 2. The van der Waals surface area contributed by atoms with Gasteiger partial charge in [-0.3, -0.25) is 0 Å². The molecular formula is C7H11N3S. The molecule has 11 heavy (non-hydrogen) atoms. The minimum Gasteiger partial charge on any atom is -0.396 e. The van der Waals surface area contributed by atoms with E-state index in [0.29, 0.717) is 11.5 Å². The zero-order valence-corrected chi connectivity index (χ0v) is 7.19. The molecule has 0 radical (unpaired) electrons. The van der Waals surface area contributed by atoms with Gasteiger partial charge < -0.3 is 11.5 Å². The zero-order chi connectivity index (χ0) is 8.27. The lowest BCUT2D eigenvalue weighted by Gasteiger charge is -2.00. The molecule has 4 N–H and O–H groups in total. The number of aromatic nitrogens is 1. The van der Waals surface area contributed by atoms with Crippen molar-refractivity contribution in [3.05, 3.63) is 12.1 Å². The molecule has 4 heteroatoms. The Labute approximate surface area is 70.2 Å². The van der Waals surface area contributed by atoms with E-state index in [0.717, 1.165) is 10.8 Å². The average Bonchev–Trinajstić information content (AvgIpc) is 1.98. The molecule has 0 spiro atoms. The van der Waals surface area contributed by atoms with E-state index in [2.05, 4.69) is 11.9 Å². The van der Waals surface area contributed by atoms with Gasteiger partial charge in [-0.25, -0.2) is 4.98 Å². The maximum absolute atomic E-state index is 5.50. The first-order valence-electron chi connectivity index (χ1n) is 3.39. The zero-order valence-electron chi connectivity index (χ0n) is 6.37. The van der Waals surface area contributed by atoms with Gasteiger partial charge in [-0.05, 0) is 17.9 Å². The molecule has 0 amide bonds. The largest absolute Gasteiger partial charge is 0.396 e. The Morgan fingerprint density at radius 2 is 2.18 bits per heavy atom. The summed E-state index contributed by atoms with van der Waals surface area (Å²) < 4.78 is 0. The number of nitrogens with zero attached hydrogens (tertiary/aromatic N) is 1. The molecule has 1 rings (SSSR count). The fourth-order valence-electron chi connectivity index (χ4n) is 0.695. The van der Waals surface area contributed by atoms with Gasteiger partial charge in [0.25, 0.3) is 0 Å². The average molecular weight is 169 g/mol. The van der Waals surface area contributed by atoms with Crippen molar-refractivity contribution in [1.82, 2.24) is 4.98 Å². The van der Waals surface area contributed by atoms with Crippen molar-refractivity contribution in [2.75, 3.05) is 17.2 Å². The van der Waals surface area contributed by atoms with Crippen molar-refractivity contribution in [2.45, 2.75) is 11.9 Å². The van der Waals surface area contributed by atoms with E-state index in [1.165, 1.54) is 0 Å². The monoisotopic (exact) mass is 169 g/mol. The van der Waals surface area contributed by atoms with Crippen molar-refractivity contribution in [2.24, 2.45) is 0 Å². The summed E-state index contributed by atoms with van der Waals surface area (Å²) in [6, 6.07) is 3.65. The second-order valence-electron chi connectivity index (χ2n) is 2.06. The summed E-state index contributed by atoms with van der Waals surface area (Å²) >= 11 is 1.65. The summed E-state index contributed by atoms with van der Waals surface area (Å²) in [5, 5.41) is 0.930. The van der Waals surface area contributed by atoms with Crippen molar-refractivity contribution in [1.29, 1.82) is 0 Å². The molecule has 0 fully saturated rings. The molecular weight excluding hydrogens is 158 g/mol. The fraction of sp³-hybridized carbons (Fsp3) is 0.286. The van der Waals surface area contributed by atoms with E-state index in [1.54, 1.807) is 17.8 Å². The van der Waals surface area contributed by atoms with E-state index in [-0.39, 0.29) is 0 Å². The van der Waals surface area contributed by atoms with E-state index >= 15 is 0 Å². The molecule has 60 valence electrons. The van der Waals surface area contributed by atoms with Crippen LogP contribution in [-0.4, -0.2) is 10.7 Å². The lowest BCUT2D eigenvalue weighted by molar-refractivity contribution is 1.15. The molecule has 1 aromatic heterocycles. The summed E-state index contributed by atoms with van der Waals surface area (Å²) in [7, 11) is 0. The van der Waals surface area contributed by atoms with E-state index in [4.69, 9.17) is 11.5 Å². The standard InChI is InChI=1S/C7H11N3S/c1-2-11-6-4-3-5(8)7(9)10-6/h3-4H,2,8H2,1H3,(H2,9,10). The summed E-state index contributed by atoms with van der Waals surface area (Å²) in [6.07, 6.45) is 0. The van der Waals surface area contributed by atoms with E-state index in [9.17, 15) is 0 Å². The van der Waals surface area contributed by atoms with Gasteiger partial charge in [-0.1, -0.05) is 6.92 Å². The minimum absolute atomic E-state index is 0.420. The number of thioether (sulfide) groups is 1. The number of hydrogen-bond acceptors (Lipinski definition) is 4. The first-order valence-corrected chi connectivity index (χ1v) is 4.37. The van der Waals surface area contributed by atoms with Crippen LogP contribution in [0, 0.1) is 0 Å². The highest BCUT2D eigenvalue weighted by molar-refractivity contribution is 7.99. The Bertz CT molecular complexity index is 249. The molecule has 0 aliphatic carbocycles. The number of hydrogen-bond donors (Lipinski definition) is 2. The van der Waals surface area contributed by atoms with Crippen LogP contribution < -0.4 is 11.5 Å². The third-order valence-corrected chi connectivity index (χ3v) is 2.04. The number of nitrogens with two attached hydrogens (primary N) is 2. The normalized spacial score (nSPS) is 9.91. The molecule has 0 saturated carbocycles. The fourth-order valence-corrected chi connectivity index (χ4v) is 1.32. The minimum atomic E-state index is 0.420. The highest BCUT2D eigenvalue weighted by Gasteiger charge is 1.97. The highest BCUT2D eigenvalue weighted by Crippen LogP contribution is 2.19. The van der Waals surface area contributed by atoms with Gasteiger partial charge in [0.2, 0.25) is 0 Å². The van der Waals surface area contributed by atoms with Gasteiger partial charge in [-0.2, -0.15) is 0 Å². The van der Waals surface area contributed by atoms with Crippen LogP contribution in [0.1, 0.15) is 6.92 Å². The Balaban J connectivity index is 2.86. The molecule has 3 nitrogen and oxygen atoms in total. The summed E-state index contributed by atoms with van der Waals surface area (Å²) in [4.78, 5) is 4.08. The molecule has 0 unspecified atom stereocenters. The maximum atomic E-state index is 5.50. The predicted octanol–water partition coefficient (Wildman–Crippen LogP) is 1.36. The second-order valence-corrected chi connectivity index (χ2v) is 3.34. The van der Waals surface area contributed by atoms with Gasteiger partial charge in [-0.15, -0.1) is 11.8 Å². The van der Waals surface area contributed by atoms with Crippen LogP contribution in [0.25, 0.3) is 0 Å². The van der Waals surface area contributed by atoms with Gasteiger partial charge >= 0.3 is 0 Å². The lowest BCUT2D eigenvalue weighted by Crippen LogP contribution is -1.97. The quantitative estimate of drug-likeness (QED) is 0.656. The molecule has 0 saturated heterocycles. The van der Waals surface area contributed by atoms with Crippen LogP contribution in [0.5, 0.6) is 0 Å². The Hall–Kier alpha value is -0.900. The first kappa shape index (κ1) is 8.20. The van der Waals surface area contributed by atoms with Crippen LogP contribution in [0.3, 0.4) is 0 Å². The highest BCUT2D eigenvalue weighted by atomic mass is 32.2. The SMILES string of the molecule is CCSc1ccc(N)c(N)n1. The van der Waals surface area contributed by atoms with Crippen molar-refractivity contribution in [3.63, 3.8) is 0 Å². The maximum Gasteiger partial charge on any atom is 0.147 e. The summed E-state index contributed by atoms with van der Waals surface area (Å²) in [5.74, 6) is 1.42. The third kappa shape index (κ3) is 2.01. The Morgan fingerprint density at radius 3 is 2.73 bits per heavy atom. The molecule has 0 aromatic carbocycles. The molecule has 0 bridgehead atoms. The van der Waals surface area contributed by atoms with Crippen LogP contribution in [0.15, 0.2) is 17.2 Å². The van der Waals surface area contributed by atoms with Gasteiger partial charge in [0.15, 0.2) is 0 Å². The van der Waals surface area contributed by atoms with Crippen molar-refractivity contribution >= 4 is 23.3 Å². The summed E-state index contributed by atoms with van der Waals surface area (Å²) in [6.45, 7) is 2.07. The van der Waals surface area contributed by atoms with Crippen LogP contribution >= 0.6 is 11.8 Å². The van der Waals surface area contributed by atoms with Gasteiger partial charge in [0.1, 0.15) is 5.82 Å². The molecule has 0 aliphatic rings. The molecule has 1 heterocycles. The molecule has 0 atom stereocenters. The number of pyridine rings is 1. The lowest BCUT2D eigenvalue weighted by atomic mass is 10.4. The Kier molecular flexibility index (Phi) is 2.59. The van der Waals surface area contributed by atoms with Crippen LogP contribution in [0.4, 0.5) is 11.5 Å².